The van der Waals surface area contributed by atoms with Gasteiger partial charge in [-0.05, 0) is 31.6 Å². The van der Waals surface area contributed by atoms with Crippen LogP contribution in [0.4, 0.5) is 0 Å². The summed E-state index contributed by atoms with van der Waals surface area (Å²) >= 11 is 0. The molecule has 76 valence electrons. The molecule has 3 nitrogen and oxygen atoms in total. The largest absolute Gasteiger partial charge is 0.393 e. The molecule has 2 aliphatic rings. The Morgan fingerprint density at radius 2 is 2.23 bits per heavy atom. The first kappa shape index (κ1) is 9.44. The van der Waals surface area contributed by atoms with Gasteiger partial charge in [0.2, 0.25) is 0 Å². The molecule has 0 bridgehead atoms. The van der Waals surface area contributed by atoms with Gasteiger partial charge in [-0.3, -0.25) is 0 Å². The van der Waals surface area contributed by atoms with E-state index in [-0.39, 0.29) is 6.10 Å². The molecule has 0 aromatic heterocycles. The molecule has 2 rings (SSSR count). The predicted octanol–water partition coefficient (Wildman–Crippen LogP) is 0.526. The minimum absolute atomic E-state index is 0.0580. The summed E-state index contributed by atoms with van der Waals surface area (Å²) in [4.78, 5) is 0. The van der Waals surface area contributed by atoms with Crippen LogP contribution in [0.3, 0.4) is 0 Å². The SMILES string of the molecule is O[C@@H]1CC[C@H](NCC2CCOC2)C1. The molecular weight excluding hydrogens is 166 g/mol. The Hall–Kier alpha value is -0.120. The Kier molecular flexibility index (Phi) is 3.19. The van der Waals surface area contributed by atoms with Crippen molar-refractivity contribution in [3.63, 3.8) is 0 Å². The first-order chi connectivity index (χ1) is 6.34. The number of aliphatic hydroxyl groups excluding tert-OH is 1. The van der Waals surface area contributed by atoms with Crippen LogP contribution in [0.5, 0.6) is 0 Å². The second-order valence-electron chi connectivity index (χ2n) is 4.30. The van der Waals surface area contributed by atoms with E-state index in [1.54, 1.807) is 0 Å². The summed E-state index contributed by atoms with van der Waals surface area (Å²) in [6.45, 7) is 2.92. The van der Waals surface area contributed by atoms with Gasteiger partial charge in [0.1, 0.15) is 0 Å². The average Bonchev–Trinajstić information content (AvgIpc) is 2.71. The zero-order valence-electron chi connectivity index (χ0n) is 8.04. The van der Waals surface area contributed by atoms with Crippen molar-refractivity contribution in [2.24, 2.45) is 5.92 Å². The molecule has 0 radical (unpaired) electrons. The van der Waals surface area contributed by atoms with E-state index in [0.29, 0.717) is 12.0 Å². The molecule has 2 fully saturated rings. The predicted molar refractivity (Wildman–Crippen MR) is 50.6 cm³/mol. The molecule has 1 unspecified atom stereocenters. The summed E-state index contributed by atoms with van der Waals surface area (Å²) in [6.07, 6.45) is 4.18. The third kappa shape index (κ3) is 2.66. The normalized spacial score (nSPS) is 39.9. The van der Waals surface area contributed by atoms with Crippen LogP contribution in [0.2, 0.25) is 0 Å². The lowest BCUT2D eigenvalue weighted by molar-refractivity contribution is 0.176. The van der Waals surface area contributed by atoms with Gasteiger partial charge in [-0.15, -0.1) is 0 Å². The van der Waals surface area contributed by atoms with Gasteiger partial charge in [0.15, 0.2) is 0 Å². The molecule has 13 heavy (non-hydrogen) atoms. The molecule has 0 amide bonds. The lowest BCUT2D eigenvalue weighted by atomic mass is 10.1. The van der Waals surface area contributed by atoms with Crippen LogP contribution in [-0.2, 0) is 4.74 Å². The van der Waals surface area contributed by atoms with Crippen LogP contribution in [0, 0.1) is 5.92 Å². The molecule has 0 spiro atoms. The molecule has 3 heteroatoms. The van der Waals surface area contributed by atoms with Crippen molar-refractivity contribution in [2.75, 3.05) is 19.8 Å². The number of ether oxygens (including phenoxy) is 1. The molecule has 1 aliphatic carbocycles. The molecular formula is C10H19NO2. The van der Waals surface area contributed by atoms with Crippen LogP contribution < -0.4 is 5.32 Å². The van der Waals surface area contributed by atoms with Crippen LogP contribution in [0.15, 0.2) is 0 Å². The van der Waals surface area contributed by atoms with Crippen LogP contribution in [0.1, 0.15) is 25.7 Å². The fraction of sp³-hybridized carbons (Fsp3) is 1.00. The van der Waals surface area contributed by atoms with Gasteiger partial charge in [-0.25, -0.2) is 0 Å². The minimum atomic E-state index is -0.0580. The van der Waals surface area contributed by atoms with E-state index in [1.165, 1.54) is 6.42 Å². The van der Waals surface area contributed by atoms with Gasteiger partial charge in [-0.2, -0.15) is 0 Å². The quantitative estimate of drug-likeness (QED) is 0.674. The maximum atomic E-state index is 9.33. The highest BCUT2D eigenvalue weighted by Crippen LogP contribution is 2.19. The monoisotopic (exact) mass is 185 g/mol. The Morgan fingerprint density at radius 3 is 2.85 bits per heavy atom. The van der Waals surface area contributed by atoms with Gasteiger partial charge < -0.3 is 15.2 Å². The van der Waals surface area contributed by atoms with Crippen LogP contribution in [0.25, 0.3) is 0 Å². The van der Waals surface area contributed by atoms with Crippen molar-refractivity contribution >= 4 is 0 Å². The van der Waals surface area contributed by atoms with E-state index in [0.717, 1.165) is 39.0 Å². The molecule has 1 heterocycles. The zero-order valence-corrected chi connectivity index (χ0v) is 8.04. The minimum Gasteiger partial charge on any atom is -0.393 e. The average molecular weight is 185 g/mol. The molecule has 1 saturated carbocycles. The van der Waals surface area contributed by atoms with Gasteiger partial charge in [-0.1, -0.05) is 0 Å². The first-order valence-corrected chi connectivity index (χ1v) is 5.34. The Labute approximate surface area is 79.5 Å². The van der Waals surface area contributed by atoms with E-state index in [9.17, 15) is 5.11 Å². The number of rotatable bonds is 3. The summed E-state index contributed by atoms with van der Waals surface area (Å²) in [6, 6.07) is 0.551. The topological polar surface area (TPSA) is 41.5 Å². The Morgan fingerprint density at radius 1 is 1.31 bits per heavy atom. The molecule has 1 saturated heterocycles. The third-order valence-corrected chi connectivity index (χ3v) is 3.12. The summed E-state index contributed by atoms with van der Waals surface area (Å²) in [5.74, 6) is 0.706. The third-order valence-electron chi connectivity index (χ3n) is 3.12. The maximum Gasteiger partial charge on any atom is 0.0555 e. The summed E-state index contributed by atoms with van der Waals surface area (Å²) < 4.78 is 5.30. The van der Waals surface area contributed by atoms with Gasteiger partial charge >= 0.3 is 0 Å². The molecule has 0 aromatic rings. The highest BCUT2D eigenvalue weighted by atomic mass is 16.5. The standard InChI is InChI=1S/C10H19NO2/c12-10-2-1-9(5-10)11-6-8-3-4-13-7-8/h8-12H,1-7H2/t8?,9-,10+/m0/s1. The van der Waals surface area contributed by atoms with Gasteiger partial charge in [0, 0.05) is 19.2 Å². The number of hydrogen-bond donors (Lipinski definition) is 2. The van der Waals surface area contributed by atoms with Crippen molar-refractivity contribution in [1.82, 2.24) is 5.32 Å². The smallest absolute Gasteiger partial charge is 0.0555 e. The lowest BCUT2D eigenvalue weighted by Crippen LogP contribution is -2.32. The second-order valence-corrected chi connectivity index (χ2v) is 4.30. The van der Waals surface area contributed by atoms with Gasteiger partial charge in [0.25, 0.3) is 0 Å². The fourth-order valence-corrected chi connectivity index (χ4v) is 2.22. The number of aliphatic hydroxyl groups is 1. The van der Waals surface area contributed by atoms with Crippen LogP contribution >= 0.6 is 0 Å². The van der Waals surface area contributed by atoms with E-state index < -0.39 is 0 Å². The molecule has 3 atom stereocenters. The number of hydrogen-bond acceptors (Lipinski definition) is 3. The lowest BCUT2D eigenvalue weighted by Gasteiger charge is -2.14. The van der Waals surface area contributed by atoms with E-state index in [2.05, 4.69) is 5.32 Å². The van der Waals surface area contributed by atoms with E-state index >= 15 is 0 Å². The molecule has 2 N–H and O–H groups in total. The van der Waals surface area contributed by atoms with Crippen molar-refractivity contribution in [2.45, 2.75) is 37.8 Å². The van der Waals surface area contributed by atoms with E-state index in [4.69, 9.17) is 4.74 Å². The maximum absolute atomic E-state index is 9.33. The van der Waals surface area contributed by atoms with E-state index in [1.807, 2.05) is 0 Å². The van der Waals surface area contributed by atoms with Crippen LogP contribution in [-0.4, -0.2) is 37.0 Å². The van der Waals surface area contributed by atoms with Crippen molar-refractivity contribution in [3.05, 3.63) is 0 Å². The first-order valence-electron chi connectivity index (χ1n) is 5.34. The Bertz CT molecular complexity index is 157. The highest BCUT2D eigenvalue weighted by Gasteiger charge is 2.23. The summed E-state index contributed by atoms with van der Waals surface area (Å²) in [5, 5.41) is 12.8. The number of nitrogens with one attached hydrogen (secondary N) is 1. The Balaban J connectivity index is 1.62. The summed E-state index contributed by atoms with van der Waals surface area (Å²) in [5.41, 5.74) is 0. The zero-order chi connectivity index (χ0) is 9.10. The van der Waals surface area contributed by atoms with Gasteiger partial charge in [0.05, 0.1) is 12.7 Å². The second kappa shape index (κ2) is 4.40. The summed E-state index contributed by atoms with van der Waals surface area (Å²) in [7, 11) is 0. The molecule has 0 aromatic carbocycles. The van der Waals surface area contributed by atoms with Crippen molar-refractivity contribution in [1.29, 1.82) is 0 Å². The highest BCUT2D eigenvalue weighted by molar-refractivity contribution is 4.81. The fourth-order valence-electron chi connectivity index (χ4n) is 2.22. The van der Waals surface area contributed by atoms with Crippen molar-refractivity contribution < 1.29 is 9.84 Å². The molecule has 1 aliphatic heterocycles. The van der Waals surface area contributed by atoms with Crippen molar-refractivity contribution in [3.8, 4) is 0 Å².